The molecule has 0 saturated heterocycles. The maximum Gasteiger partial charge on any atom is 0.232 e. The van der Waals surface area contributed by atoms with E-state index in [1.165, 1.54) is 0 Å². The number of pyridine rings is 1. The molecule has 0 saturated carbocycles. The third-order valence-corrected chi connectivity index (χ3v) is 3.26. The highest BCUT2D eigenvalue weighted by Crippen LogP contribution is 2.23. The van der Waals surface area contributed by atoms with Crippen LogP contribution in [0.1, 0.15) is 16.8 Å². The number of rotatable bonds is 3. The van der Waals surface area contributed by atoms with E-state index in [9.17, 15) is 0 Å². The van der Waals surface area contributed by atoms with Gasteiger partial charge in [0.2, 0.25) is 5.88 Å². The molecule has 4 heteroatoms. The van der Waals surface area contributed by atoms with Gasteiger partial charge in [0.05, 0.1) is 5.69 Å². The Labute approximate surface area is 114 Å². The van der Waals surface area contributed by atoms with E-state index in [1.54, 1.807) is 6.07 Å². The summed E-state index contributed by atoms with van der Waals surface area (Å²) < 4.78 is 6.41. The molecule has 0 aliphatic rings. The Hall–Kier alpha value is -1.86. The summed E-state index contributed by atoms with van der Waals surface area (Å²) in [5, 5.41) is 9.04. The molecular weight excluding hydrogens is 292 g/mol. The molecule has 1 aromatic carbocycles. The van der Waals surface area contributed by atoms with E-state index in [0.717, 1.165) is 15.7 Å². The quantitative estimate of drug-likeness (QED) is 0.870. The second-order valence-corrected chi connectivity index (χ2v) is 4.65. The molecule has 0 fully saturated rings. The van der Waals surface area contributed by atoms with Gasteiger partial charge in [-0.25, -0.2) is 4.98 Å². The minimum Gasteiger partial charge on any atom is -0.472 e. The van der Waals surface area contributed by atoms with Crippen LogP contribution in [-0.4, -0.2) is 4.98 Å². The van der Waals surface area contributed by atoms with E-state index in [-0.39, 0.29) is 0 Å². The molecule has 0 aliphatic carbocycles. The van der Waals surface area contributed by atoms with Crippen LogP contribution in [0.15, 0.2) is 40.9 Å². The van der Waals surface area contributed by atoms with Gasteiger partial charge in [0, 0.05) is 4.47 Å². The molecule has 90 valence electrons. The van der Waals surface area contributed by atoms with Gasteiger partial charge in [0.1, 0.15) is 18.2 Å². The molecule has 0 unspecified atom stereocenters. The van der Waals surface area contributed by atoms with Crippen LogP contribution >= 0.6 is 15.9 Å². The van der Waals surface area contributed by atoms with Crippen LogP contribution in [-0.2, 0) is 6.61 Å². The van der Waals surface area contributed by atoms with E-state index in [0.29, 0.717) is 18.1 Å². The molecule has 0 spiro atoms. The molecular formula is C14H11BrN2O. The van der Waals surface area contributed by atoms with Crippen LogP contribution in [0.2, 0.25) is 0 Å². The summed E-state index contributed by atoms with van der Waals surface area (Å²) >= 11 is 3.35. The minimum atomic E-state index is 0.377. The number of aromatic nitrogens is 1. The monoisotopic (exact) mass is 302 g/mol. The van der Waals surface area contributed by atoms with E-state index >= 15 is 0 Å². The molecule has 0 bridgehead atoms. The predicted octanol–water partition coefficient (Wildman–Crippen LogP) is 3.60. The second-order valence-electron chi connectivity index (χ2n) is 3.79. The molecule has 0 aliphatic heterocycles. The first-order valence-electron chi connectivity index (χ1n) is 5.44. The maximum absolute atomic E-state index is 9.04. The summed E-state index contributed by atoms with van der Waals surface area (Å²) in [4.78, 5) is 4.27. The summed E-state index contributed by atoms with van der Waals surface area (Å²) in [6.45, 7) is 2.27. The Morgan fingerprint density at radius 3 is 2.72 bits per heavy atom. The van der Waals surface area contributed by atoms with Gasteiger partial charge in [-0.2, -0.15) is 5.26 Å². The first kappa shape index (κ1) is 12.6. The Kier molecular flexibility index (Phi) is 3.96. The van der Waals surface area contributed by atoms with Gasteiger partial charge in [-0.1, -0.05) is 30.3 Å². The molecule has 0 atom stereocenters. The van der Waals surface area contributed by atoms with E-state index in [4.69, 9.17) is 10.00 Å². The molecule has 0 amide bonds. The topological polar surface area (TPSA) is 45.9 Å². The van der Waals surface area contributed by atoms with Crippen molar-refractivity contribution in [1.82, 2.24) is 4.98 Å². The Morgan fingerprint density at radius 1 is 1.33 bits per heavy atom. The number of aryl methyl sites for hydroxylation is 1. The van der Waals surface area contributed by atoms with Crippen molar-refractivity contribution in [2.75, 3.05) is 0 Å². The molecule has 0 N–H and O–H groups in total. The van der Waals surface area contributed by atoms with E-state index in [1.807, 2.05) is 37.3 Å². The van der Waals surface area contributed by atoms with Gasteiger partial charge in [-0.3, -0.25) is 0 Å². The highest BCUT2D eigenvalue weighted by molar-refractivity contribution is 9.10. The highest BCUT2D eigenvalue weighted by Gasteiger charge is 2.09. The summed E-state index contributed by atoms with van der Waals surface area (Å²) in [6, 6.07) is 13.6. The van der Waals surface area contributed by atoms with Crippen molar-refractivity contribution in [3.05, 3.63) is 57.7 Å². The van der Waals surface area contributed by atoms with Crippen LogP contribution in [0.5, 0.6) is 5.88 Å². The summed E-state index contributed by atoms with van der Waals surface area (Å²) in [6.07, 6.45) is 0. The van der Waals surface area contributed by atoms with Gasteiger partial charge in [-0.15, -0.1) is 0 Å². The minimum absolute atomic E-state index is 0.377. The summed E-state index contributed by atoms with van der Waals surface area (Å²) in [5.41, 5.74) is 2.28. The average Bonchev–Trinajstić information content (AvgIpc) is 2.41. The normalized spacial score (nSPS) is 9.83. The Morgan fingerprint density at radius 2 is 2.06 bits per heavy atom. The number of nitriles is 1. The zero-order valence-electron chi connectivity index (χ0n) is 9.85. The lowest BCUT2D eigenvalue weighted by Gasteiger charge is -2.08. The number of halogens is 1. The van der Waals surface area contributed by atoms with Crippen LogP contribution < -0.4 is 4.74 Å². The van der Waals surface area contributed by atoms with Gasteiger partial charge < -0.3 is 4.74 Å². The van der Waals surface area contributed by atoms with Crippen LogP contribution in [0, 0.1) is 18.3 Å². The average molecular weight is 303 g/mol. The lowest BCUT2D eigenvalue weighted by Crippen LogP contribution is -2.00. The fraction of sp³-hybridized carbons (Fsp3) is 0.143. The molecule has 2 aromatic rings. The Bertz CT molecular complexity index is 591. The van der Waals surface area contributed by atoms with Crippen molar-refractivity contribution in [3.8, 4) is 11.9 Å². The predicted molar refractivity (Wildman–Crippen MR) is 72.2 cm³/mol. The number of nitrogens with zero attached hydrogens (tertiary/aromatic N) is 2. The Balaban J connectivity index is 2.19. The zero-order chi connectivity index (χ0) is 13.0. The van der Waals surface area contributed by atoms with Crippen LogP contribution in [0.4, 0.5) is 0 Å². The molecule has 3 nitrogen and oxygen atoms in total. The van der Waals surface area contributed by atoms with Crippen LogP contribution in [0.3, 0.4) is 0 Å². The molecule has 0 radical (unpaired) electrons. The standard InChI is InChI=1S/C14H11BrN2O/c1-10-13(15)7-12(8-16)14(17-10)18-9-11-5-3-2-4-6-11/h2-7H,9H2,1H3. The molecule has 2 rings (SSSR count). The third kappa shape index (κ3) is 2.88. The molecule has 1 aromatic heterocycles. The first-order chi connectivity index (χ1) is 8.70. The maximum atomic E-state index is 9.04. The third-order valence-electron chi connectivity index (χ3n) is 2.46. The number of hydrogen-bond acceptors (Lipinski definition) is 3. The summed E-state index contributed by atoms with van der Waals surface area (Å²) in [7, 11) is 0. The van der Waals surface area contributed by atoms with Gasteiger partial charge in [0.15, 0.2) is 0 Å². The van der Waals surface area contributed by atoms with Crippen molar-refractivity contribution < 1.29 is 4.74 Å². The molecule has 18 heavy (non-hydrogen) atoms. The zero-order valence-corrected chi connectivity index (χ0v) is 11.4. The van der Waals surface area contributed by atoms with Gasteiger partial charge in [-0.05, 0) is 34.5 Å². The van der Waals surface area contributed by atoms with E-state index in [2.05, 4.69) is 27.0 Å². The molecule has 1 heterocycles. The first-order valence-corrected chi connectivity index (χ1v) is 6.24. The van der Waals surface area contributed by atoms with Crippen molar-refractivity contribution in [2.24, 2.45) is 0 Å². The number of hydrogen-bond donors (Lipinski definition) is 0. The van der Waals surface area contributed by atoms with Crippen molar-refractivity contribution in [2.45, 2.75) is 13.5 Å². The lowest BCUT2D eigenvalue weighted by atomic mass is 10.2. The smallest absolute Gasteiger partial charge is 0.232 e. The van der Waals surface area contributed by atoms with Crippen molar-refractivity contribution in [1.29, 1.82) is 5.26 Å². The second kappa shape index (κ2) is 5.65. The van der Waals surface area contributed by atoms with Crippen LogP contribution in [0.25, 0.3) is 0 Å². The largest absolute Gasteiger partial charge is 0.472 e. The van der Waals surface area contributed by atoms with Gasteiger partial charge in [0.25, 0.3) is 0 Å². The van der Waals surface area contributed by atoms with Crippen molar-refractivity contribution >= 4 is 15.9 Å². The lowest BCUT2D eigenvalue weighted by molar-refractivity contribution is 0.292. The number of benzene rings is 1. The number of ether oxygens (including phenoxy) is 1. The highest BCUT2D eigenvalue weighted by atomic mass is 79.9. The SMILES string of the molecule is Cc1nc(OCc2ccccc2)c(C#N)cc1Br. The van der Waals surface area contributed by atoms with E-state index < -0.39 is 0 Å². The fourth-order valence-electron chi connectivity index (χ4n) is 1.47. The summed E-state index contributed by atoms with van der Waals surface area (Å²) in [5.74, 6) is 0.377. The van der Waals surface area contributed by atoms with Crippen molar-refractivity contribution in [3.63, 3.8) is 0 Å². The van der Waals surface area contributed by atoms with Gasteiger partial charge >= 0.3 is 0 Å². The fourth-order valence-corrected chi connectivity index (χ4v) is 1.79.